The fraction of sp³-hybridized carbons (Fsp3) is 0.529. The summed E-state index contributed by atoms with van der Waals surface area (Å²) in [4.78, 5) is 13.1. The van der Waals surface area contributed by atoms with E-state index < -0.39 is 45.4 Å². The van der Waals surface area contributed by atoms with Gasteiger partial charge in [-0.2, -0.15) is 21.6 Å². The van der Waals surface area contributed by atoms with Gasteiger partial charge >= 0.3 is 6.18 Å². The quantitative estimate of drug-likeness (QED) is 0.723. The van der Waals surface area contributed by atoms with E-state index in [-0.39, 0.29) is 36.2 Å². The van der Waals surface area contributed by atoms with E-state index in [9.17, 15) is 30.8 Å². The summed E-state index contributed by atoms with van der Waals surface area (Å²) in [6.45, 7) is 0.334. The minimum Gasteiger partial charge on any atom is -0.355 e. The molecule has 0 unspecified atom stereocenters. The zero-order chi connectivity index (χ0) is 21.1. The van der Waals surface area contributed by atoms with E-state index in [0.29, 0.717) is 0 Å². The average molecular weight is 434 g/mol. The van der Waals surface area contributed by atoms with Gasteiger partial charge in [-0.15, -0.1) is 4.40 Å². The van der Waals surface area contributed by atoms with Crippen molar-refractivity contribution in [3.8, 4) is 0 Å². The number of fused-ring (bicyclic) bond motifs is 1. The number of sulfonamides is 1. The summed E-state index contributed by atoms with van der Waals surface area (Å²) in [7, 11) is -4.24. The third-order valence-electron chi connectivity index (χ3n) is 5.27. The molecule has 3 aliphatic rings. The standard InChI is InChI=1S/C17H18F4N4O3S/c1-9(26)24-4-5-25(14(8-24)17(19,20)21)12-6-11(18)7-13-15(12)22-16(10-2-3-10)23-29(13,27)28/h6-7,10,14H,2-5,8H2,1H3,(H,22,23)/t14-/m1/s1. The van der Waals surface area contributed by atoms with Gasteiger partial charge in [0.05, 0.1) is 11.4 Å². The van der Waals surface area contributed by atoms with Crippen LogP contribution in [0.25, 0.3) is 0 Å². The van der Waals surface area contributed by atoms with Crippen molar-refractivity contribution in [2.75, 3.05) is 29.9 Å². The van der Waals surface area contributed by atoms with Crippen LogP contribution in [0.5, 0.6) is 0 Å². The van der Waals surface area contributed by atoms with Gasteiger partial charge in [0.15, 0.2) is 0 Å². The SMILES string of the molecule is CC(=O)N1CCN(c2cc(F)cc3c2NC(C2CC2)=NS3(=O)=O)[C@@H](C(F)(F)F)C1. The number of nitrogens with one attached hydrogen (secondary N) is 1. The molecule has 29 heavy (non-hydrogen) atoms. The second-order valence-electron chi connectivity index (χ2n) is 7.36. The highest BCUT2D eigenvalue weighted by molar-refractivity contribution is 7.90. The maximum atomic E-state index is 14.2. The largest absolute Gasteiger partial charge is 0.410 e. The van der Waals surface area contributed by atoms with Gasteiger partial charge < -0.3 is 15.1 Å². The van der Waals surface area contributed by atoms with Crippen LogP contribution in [0.1, 0.15) is 19.8 Å². The Labute approximate surface area is 164 Å². The summed E-state index contributed by atoms with van der Waals surface area (Å²) in [5, 5.41) is 2.83. The zero-order valence-corrected chi connectivity index (χ0v) is 16.1. The van der Waals surface area contributed by atoms with Crippen LogP contribution in [-0.2, 0) is 14.8 Å². The predicted octanol–water partition coefficient (Wildman–Crippen LogP) is 2.35. The van der Waals surface area contributed by atoms with Crippen molar-refractivity contribution in [2.24, 2.45) is 10.3 Å². The normalized spacial score (nSPS) is 23.9. The minimum absolute atomic E-state index is 0.00349. The second kappa shape index (κ2) is 6.57. The van der Waals surface area contributed by atoms with Gasteiger partial charge in [-0.1, -0.05) is 0 Å². The molecule has 0 radical (unpaired) electrons. The molecule has 2 fully saturated rings. The molecular weight excluding hydrogens is 416 g/mol. The Hall–Kier alpha value is -2.37. The summed E-state index contributed by atoms with van der Waals surface area (Å²) >= 11 is 0. The number of halogens is 4. The molecule has 1 saturated heterocycles. The topological polar surface area (TPSA) is 82.1 Å². The van der Waals surface area contributed by atoms with Crippen molar-refractivity contribution in [3.05, 3.63) is 17.9 Å². The molecule has 1 aliphatic carbocycles. The first kappa shape index (κ1) is 19.9. The average Bonchev–Trinajstić information content (AvgIpc) is 3.45. The zero-order valence-electron chi connectivity index (χ0n) is 15.3. The van der Waals surface area contributed by atoms with Gasteiger partial charge in [0.25, 0.3) is 10.0 Å². The number of nitrogens with zero attached hydrogens (tertiary/aromatic N) is 3. The molecule has 1 amide bonds. The molecule has 2 aliphatic heterocycles. The van der Waals surface area contributed by atoms with E-state index in [1.165, 1.54) is 6.92 Å². The third-order valence-corrected chi connectivity index (χ3v) is 6.59. The second-order valence-corrected chi connectivity index (χ2v) is 8.94. The Morgan fingerprint density at radius 3 is 2.52 bits per heavy atom. The highest BCUT2D eigenvalue weighted by Crippen LogP contribution is 2.43. The van der Waals surface area contributed by atoms with E-state index >= 15 is 0 Å². The Kier molecular flexibility index (Phi) is 4.52. The molecule has 4 rings (SSSR count). The number of benzene rings is 1. The minimum atomic E-state index is -4.71. The number of hydrogen-bond acceptors (Lipinski definition) is 5. The van der Waals surface area contributed by atoms with E-state index in [2.05, 4.69) is 9.71 Å². The molecule has 12 heteroatoms. The molecule has 1 aromatic rings. The Morgan fingerprint density at radius 2 is 1.93 bits per heavy atom. The Morgan fingerprint density at radius 1 is 1.24 bits per heavy atom. The van der Waals surface area contributed by atoms with Crippen molar-refractivity contribution < 1.29 is 30.8 Å². The number of amidine groups is 1. The molecule has 1 N–H and O–H groups in total. The molecule has 1 atom stereocenters. The van der Waals surface area contributed by atoms with E-state index in [1.807, 2.05) is 0 Å². The molecule has 1 aromatic carbocycles. The highest BCUT2D eigenvalue weighted by Gasteiger charge is 2.48. The summed E-state index contributed by atoms with van der Waals surface area (Å²) in [5.74, 6) is -1.42. The van der Waals surface area contributed by atoms with Crippen LogP contribution in [0, 0.1) is 11.7 Å². The number of hydrogen-bond donors (Lipinski definition) is 1. The summed E-state index contributed by atoms with van der Waals surface area (Å²) in [5.41, 5.74) is -0.309. The van der Waals surface area contributed by atoms with E-state index in [1.54, 1.807) is 0 Å². The van der Waals surface area contributed by atoms with Gasteiger partial charge in [0, 0.05) is 32.5 Å². The fourth-order valence-corrected chi connectivity index (χ4v) is 4.85. The van der Waals surface area contributed by atoms with Gasteiger partial charge in [-0.3, -0.25) is 4.79 Å². The number of carbonyl (C=O) groups excluding carboxylic acids is 1. The first-order valence-corrected chi connectivity index (χ1v) is 10.5. The van der Waals surface area contributed by atoms with Gasteiger partial charge in [0.2, 0.25) is 5.91 Å². The molecule has 1 saturated carbocycles. The van der Waals surface area contributed by atoms with Crippen LogP contribution in [-0.4, -0.2) is 56.9 Å². The Bertz CT molecular complexity index is 1000. The number of rotatable bonds is 2. The smallest absolute Gasteiger partial charge is 0.355 e. The molecule has 0 spiro atoms. The predicted molar refractivity (Wildman–Crippen MR) is 96.8 cm³/mol. The van der Waals surface area contributed by atoms with Crippen LogP contribution in [0.4, 0.5) is 28.9 Å². The van der Waals surface area contributed by atoms with Crippen molar-refractivity contribution in [1.82, 2.24) is 4.90 Å². The number of alkyl halides is 3. The van der Waals surface area contributed by atoms with Crippen molar-refractivity contribution in [3.63, 3.8) is 0 Å². The fourth-order valence-electron chi connectivity index (χ4n) is 3.62. The molecule has 7 nitrogen and oxygen atoms in total. The maximum Gasteiger partial charge on any atom is 0.410 e. The van der Waals surface area contributed by atoms with Crippen molar-refractivity contribution in [2.45, 2.75) is 36.9 Å². The monoisotopic (exact) mass is 434 g/mol. The molecule has 2 heterocycles. The highest BCUT2D eigenvalue weighted by atomic mass is 32.2. The lowest BCUT2D eigenvalue weighted by molar-refractivity contribution is -0.160. The molecule has 0 bridgehead atoms. The third kappa shape index (κ3) is 3.65. The first-order valence-electron chi connectivity index (χ1n) is 9.01. The number of piperazine rings is 1. The summed E-state index contributed by atoms with van der Waals surface area (Å²) in [6.07, 6.45) is -3.28. The van der Waals surface area contributed by atoms with Crippen molar-refractivity contribution >= 4 is 33.1 Å². The van der Waals surface area contributed by atoms with Crippen LogP contribution >= 0.6 is 0 Å². The number of carbonyl (C=O) groups is 1. The maximum absolute atomic E-state index is 14.2. The van der Waals surface area contributed by atoms with Crippen LogP contribution in [0.3, 0.4) is 0 Å². The molecule has 158 valence electrons. The molecule has 0 aromatic heterocycles. The van der Waals surface area contributed by atoms with Gasteiger partial charge in [0.1, 0.15) is 22.6 Å². The first-order chi connectivity index (χ1) is 13.5. The van der Waals surface area contributed by atoms with Crippen LogP contribution in [0.2, 0.25) is 0 Å². The lowest BCUT2D eigenvalue weighted by Gasteiger charge is -2.44. The number of anilines is 2. The van der Waals surface area contributed by atoms with Gasteiger partial charge in [-0.25, -0.2) is 4.39 Å². The van der Waals surface area contributed by atoms with Crippen LogP contribution in [0.15, 0.2) is 21.4 Å². The number of amides is 1. The lowest BCUT2D eigenvalue weighted by atomic mass is 10.1. The summed E-state index contributed by atoms with van der Waals surface area (Å²) < 4.78 is 84.3. The van der Waals surface area contributed by atoms with Gasteiger partial charge in [-0.05, 0) is 25.0 Å². The van der Waals surface area contributed by atoms with Crippen molar-refractivity contribution in [1.29, 1.82) is 0 Å². The van der Waals surface area contributed by atoms with Crippen LogP contribution < -0.4 is 10.2 Å². The van der Waals surface area contributed by atoms with E-state index in [4.69, 9.17) is 0 Å². The van der Waals surface area contributed by atoms with E-state index in [0.717, 1.165) is 34.8 Å². The lowest BCUT2D eigenvalue weighted by Crippen LogP contribution is -2.60. The Balaban J connectivity index is 1.81. The molecular formula is C17H18F4N4O3S. The summed E-state index contributed by atoms with van der Waals surface area (Å²) in [6, 6.07) is -0.457.